The van der Waals surface area contributed by atoms with Crippen LogP contribution in [0, 0.1) is 5.82 Å². The van der Waals surface area contributed by atoms with Crippen LogP contribution in [0.2, 0.25) is 0 Å². The van der Waals surface area contributed by atoms with E-state index in [9.17, 15) is 4.39 Å². The molecular weight excluding hydrogens is 283 g/mol. The number of halogens is 1. The van der Waals surface area contributed by atoms with E-state index in [-0.39, 0.29) is 5.82 Å². The van der Waals surface area contributed by atoms with Crippen LogP contribution < -0.4 is 5.32 Å². The van der Waals surface area contributed by atoms with Gasteiger partial charge >= 0.3 is 0 Å². The minimum Gasteiger partial charge on any atom is -0.309 e. The smallest absolute Gasteiger partial charge is 0.123 e. The topological polar surface area (TPSA) is 24.9 Å². The Hall–Kier alpha value is -1.26. The molecule has 1 N–H and O–H groups in total. The van der Waals surface area contributed by atoms with Gasteiger partial charge in [0.15, 0.2) is 0 Å². The number of rotatable bonds is 7. The van der Waals surface area contributed by atoms with E-state index in [4.69, 9.17) is 4.98 Å². The van der Waals surface area contributed by atoms with E-state index in [0.29, 0.717) is 6.04 Å². The molecule has 1 fully saturated rings. The fourth-order valence-electron chi connectivity index (χ4n) is 2.43. The van der Waals surface area contributed by atoms with Crippen molar-refractivity contribution in [2.75, 3.05) is 0 Å². The summed E-state index contributed by atoms with van der Waals surface area (Å²) in [5.41, 5.74) is 2.22. The van der Waals surface area contributed by atoms with Crippen molar-refractivity contribution < 1.29 is 4.39 Å². The van der Waals surface area contributed by atoms with Crippen LogP contribution in [0.4, 0.5) is 4.39 Å². The third kappa shape index (κ3) is 4.11. The van der Waals surface area contributed by atoms with Crippen molar-refractivity contribution in [2.24, 2.45) is 0 Å². The highest BCUT2D eigenvalue weighted by Crippen LogP contribution is 2.25. The van der Waals surface area contributed by atoms with Gasteiger partial charge < -0.3 is 5.32 Å². The second-order valence-corrected chi connectivity index (χ2v) is 6.86. The maximum Gasteiger partial charge on any atom is 0.123 e. The lowest BCUT2D eigenvalue weighted by Crippen LogP contribution is -2.15. The molecule has 0 bridgehead atoms. The van der Waals surface area contributed by atoms with Gasteiger partial charge in [-0.3, -0.25) is 0 Å². The summed E-state index contributed by atoms with van der Waals surface area (Å²) in [6, 6.07) is 7.53. The molecule has 4 heteroatoms. The van der Waals surface area contributed by atoms with Crippen molar-refractivity contribution in [3.8, 4) is 0 Å². The summed E-state index contributed by atoms with van der Waals surface area (Å²) in [5, 5.41) is 4.66. The summed E-state index contributed by atoms with van der Waals surface area (Å²) in [5.74, 6) is -0.173. The average Bonchev–Trinajstić information content (AvgIpc) is 3.20. The lowest BCUT2D eigenvalue weighted by molar-refractivity contribution is 0.626. The first-order valence-corrected chi connectivity index (χ1v) is 8.51. The monoisotopic (exact) mass is 304 g/mol. The number of hydrogen-bond acceptors (Lipinski definition) is 3. The number of aromatic nitrogens is 1. The van der Waals surface area contributed by atoms with Crippen molar-refractivity contribution in [1.82, 2.24) is 10.3 Å². The molecule has 0 radical (unpaired) electrons. The van der Waals surface area contributed by atoms with Gasteiger partial charge in [0.25, 0.3) is 0 Å². The fraction of sp³-hybridized carbons (Fsp3) is 0.471. The Balaban J connectivity index is 1.73. The van der Waals surface area contributed by atoms with Crippen LogP contribution in [0.5, 0.6) is 0 Å². The fourth-order valence-corrected chi connectivity index (χ4v) is 3.53. The number of nitrogens with zero attached hydrogens (tertiary/aromatic N) is 1. The van der Waals surface area contributed by atoms with Crippen LogP contribution >= 0.6 is 11.3 Å². The van der Waals surface area contributed by atoms with Crippen molar-refractivity contribution >= 4 is 11.3 Å². The standard InChI is InChI=1S/C17H21FN2S/c1-2-4-15-16(11-19-14-7-8-14)21-17(20-15)10-12-5-3-6-13(18)9-12/h3,5-6,9,14,19H,2,4,7-8,10-11H2,1H3. The summed E-state index contributed by atoms with van der Waals surface area (Å²) in [4.78, 5) is 6.14. The molecule has 112 valence electrons. The third-order valence-electron chi connectivity index (χ3n) is 3.68. The third-order valence-corrected chi connectivity index (χ3v) is 4.78. The highest BCUT2D eigenvalue weighted by Gasteiger charge is 2.21. The predicted octanol–water partition coefficient (Wildman–Crippen LogP) is 4.08. The number of nitrogens with one attached hydrogen (secondary N) is 1. The van der Waals surface area contributed by atoms with E-state index in [1.165, 1.54) is 29.5 Å². The molecule has 1 aliphatic rings. The minimum atomic E-state index is -0.173. The largest absolute Gasteiger partial charge is 0.309 e. The zero-order chi connectivity index (χ0) is 14.7. The summed E-state index contributed by atoms with van der Waals surface area (Å²) in [6.07, 6.45) is 5.47. The zero-order valence-corrected chi connectivity index (χ0v) is 13.2. The maximum absolute atomic E-state index is 13.3. The minimum absolute atomic E-state index is 0.173. The van der Waals surface area contributed by atoms with Gasteiger partial charge in [0.05, 0.1) is 10.7 Å². The molecule has 0 aliphatic heterocycles. The first-order chi connectivity index (χ1) is 10.2. The Morgan fingerprint density at radius 1 is 1.38 bits per heavy atom. The molecule has 0 saturated heterocycles. The van der Waals surface area contributed by atoms with Gasteiger partial charge in [0.1, 0.15) is 5.82 Å². The molecule has 21 heavy (non-hydrogen) atoms. The van der Waals surface area contributed by atoms with Crippen molar-refractivity contribution in [3.63, 3.8) is 0 Å². The molecule has 1 saturated carbocycles. The zero-order valence-electron chi connectivity index (χ0n) is 12.4. The molecule has 1 heterocycles. The van der Waals surface area contributed by atoms with E-state index < -0.39 is 0 Å². The highest BCUT2D eigenvalue weighted by atomic mass is 32.1. The van der Waals surface area contributed by atoms with Gasteiger partial charge in [0, 0.05) is 23.9 Å². The van der Waals surface area contributed by atoms with Crippen LogP contribution in [0.3, 0.4) is 0 Å². The second-order valence-electron chi connectivity index (χ2n) is 5.69. The van der Waals surface area contributed by atoms with E-state index >= 15 is 0 Å². The first-order valence-electron chi connectivity index (χ1n) is 7.70. The van der Waals surface area contributed by atoms with Crippen molar-refractivity contribution in [2.45, 2.75) is 51.6 Å². The van der Waals surface area contributed by atoms with Crippen LogP contribution in [0.25, 0.3) is 0 Å². The molecule has 2 aromatic rings. The number of benzene rings is 1. The van der Waals surface area contributed by atoms with Gasteiger partial charge in [-0.2, -0.15) is 0 Å². The van der Waals surface area contributed by atoms with Crippen LogP contribution in [-0.2, 0) is 19.4 Å². The van der Waals surface area contributed by atoms with Crippen LogP contribution in [-0.4, -0.2) is 11.0 Å². The number of hydrogen-bond donors (Lipinski definition) is 1. The summed E-state index contributed by atoms with van der Waals surface area (Å²) < 4.78 is 13.3. The lowest BCUT2D eigenvalue weighted by Gasteiger charge is -2.01. The van der Waals surface area contributed by atoms with Gasteiger partial charge in [0.2, 0.25) is 0 Å². The molecule has 2 nitrogen and oxygen atoms in total. The molecule has 0 amide bonds. The molecule has 1 aromatic carbocycles. The first kappa shape index (κ1) is 14.7. The van der Waals surface area contributed by atoms with Crippen molar-refractivity contribution in [1.29, 1.82) is 0 Å². The Morgan fingerprint density at radius 3 is 2.95 bits per heavy atom. The maximum atomic E-state index is 13.3. The summed E-state index contributed by atoms with van der Waals surface area (Å²) in [6.45, 7) is 3.12. The van der Waals surface area contributed by atoms with Gasteiger partial charge in [-0.25, -0.2) is 9.37 Å². The molecular formula is C17H21FN2S. The SMILES string of the molecule is CCCc1nc(Cc2cccc(F)c2)sc1CNC1CC1. The molecule has 1 aliphatic carbocycles. The number of aryl methyl sites for hydroxylation is 1. The molecule has 0 spiro atoms. The van der Waals surface area contributed by atoms with E-state index in [1.807, 2.05) is 6.07 Å². The highest BCUT2D eigenvalue weighted by molar-refractivity contribution is 7.11. The summed E-state index contributed by atoms with van der Waals surface area (Å²) >= 11 is 1.77. The Kier molecular flexibility index (Phi) is 4.66. The normalized spacial score (nSPS) is 14.6. The number of thiazole rings is 1. The van der Waals surface area contributed by atoms with E-state index in [1.54, 1.807) is 23.5 Å². The van der Waals surface area contributed by atoms with E-state index in [2.05, 4.69) is 12.2 Å². The van der Waals surface area contributed by atoms with Crippen LogP contribution in [0.15, 0.2) is 24.3 Å². The summed E-state index contributed by atoms with van der Waals surface area (Å²) in [7, 11) is 0. The predicted molar refractivity (Wildman–Crippen MR) is 85.2 cm³/mol. The molecule has 0 unspecified atom stereocenters. The second kappa shape index (κ2) is 6.67. The molecule has 0 atom stereocenters. The average molecular weight is 304 g/mol. The van der Waals surface area contributed by atoms with Gasteiger partial charge in [-0.1, -0.05) is 25.5 Å². The van der Waals surface area contributed by atoms with Crippen LogP contribution in [0.1, 0.15) is 47.3 Å². The lowest BCUT2D eigenvalue weighted by atomic mass is 10.1. The Bertz CT molecular complexity index is 605. The molecule has 3 rings (SSSR count). The Morgan fingerprint density at radius 2 is 2.24 bits per heavy atom. The molecule has 1 aromatic heterocycles. The van der Waals surface area contributed by atoms with Gasteiger partial charge in [-0.05, 0) is 37.0 Å². The quantitative estimate of drug-likeness (QED) is 0.834. The van der Waals surface area contributed by atoms with E-state index in [0.717, 1.165) is 36.4 Å². The van der Waals surface area contributed by atoms with Gasteiger partial charge in [-0.15, -0.1) is 11.3 Å². The van der Waals surface area contributed by atoms with Crippen molar-refractivity contribution in [3.05, 3.63) is 51.2 Å². The Labute approximate surface area is 129 Å².